The smallest absolute Gasteiger partial charge is 0.0705 e. The Bertz CT molecular complexity index is 597. The van der Waals surface area contributed by atoms with E-state index in [0.717, 1.165) is 11.2 Å². The van der Waals surface area contributed by atoms with Crippen LogP contribution in [0.5, 0.6) is 0 Å². The Hall–Kier alpha value is -1.41. The van der Waals surface area contributed by atoms with Gasteiger partial charge in [0, 0.05) is 17.1 Å². The summed E-state index contributed by atoms with van der Waals surface area (Å²) in [5.41, 5.74) is 10.2. The summed E-state index contributed by atoms with van der Waals surface area (Å²) in [7, 11) is 0. The second-order valence-corrected chi connectivity index (χ2v) is 6.24. The predicted molar refractivity (Wildman–Crippen MR) is 80.0 cm³/mol. The van der Waals surface area contributed by atoms with Gasteiger partial charge in [-0.15, -0.1) is 0 Å². The fourth-order valence-electron chi connectivity index (χ4n) is 3.34. The summed E-state index contributed by atoms with van der Waals surface area (Å²) in [4.78, 5) is 4.55. The number of aryl methyl sites for hydroxylation is 1. The Balaban J connectivity index is 1.99. The summed E-state index contributed by atoms with van der Waals surface area (Å²) in [5, 5.41) is 1.19. The molecule has 1 aliphatic rings. The first-order chi connectivity index (χ1) is 9.08. The van der Waals surface area contributed by atoms with Gasteiger partial charge < -0.3 is 5.73 Å². The van der Waals surface area contributed by atoms with Crippen molar-refractivity contribution in [1.29, 1.82) is 0 Å². The summed E-state index contributed by atoms with van der Waals surface area (Å²) in [5.74, 6) is 0. The van der Waals surface area contributed by atoms with E-state index in [0.29, 0.717) is 0 Å². The van der Waals surface area contributed by atoms with Crippen molar-refractivity contribution in [3.63, 3.8) is 0 Å². The van der Waals surface area contributed by atoms with Crippen LogP contribution in [0, 0.1) is 12.3 Å². The first-order valence-electron chi connectivity index (χ1n) is 7.21. The quantitative estimate of drug-likeness (QED) is 0.875. The summed E-state index contributed by atoms with van der Waals surface area (Å²) >= 11 is 0. The molecule has 2 heteroatoms. The lowest BCUT2D eigenvalue weighted by Crippen LogP contribution is -2.29. The van der Waals surface area contributed by atoms with Crippen molar-refractivity contribution >= 4 is 10.9 Å². The van der Waals surface area contributed by atoms with Gasteiger partial charge in [0.15, 0.2) is 0 Å². The first kappa shape index (κ1) is 12.6. The number of fused-ring (bicyclic) bond motifs is 1. The molecule has 3 rings (SSSR count). The highest BCUT2D eigenvalue weighted by molar-refractivity contribution is 5.79. The molecule has 0 spiro atoms. The molecular weight excluding hydrogens is 232 g/mol. The number of nitrogens with two attached hydrogens (primary N) is 1. The molecule has 1 aromatic heterocycles. The third kappa shape index (κ3) is 2.25. The Morgan fingerprint density at radius 3 is 2.63 bits per heavy atom. The van der Waals surface area contributed by atoms with Crippen LogP contribution in [-0.4, -0.2) is 4.98 Å². The fourth-order valence-corrected chi connectivity index (χ4v) is 3.34. The van der Waals surface area contributed by atoms with E-state index >= 15 is 0 Å². The number of hydrogen-bond donors (Lipinski definition) is 1. The molecule has 2 N–H and O–H groups in total. The molecule has 100 valence electrons. The van der Waals surface area contributed by atoms with E-state index in [1.807, 2.05) is 6.92 Å². The highest BCUT2D eigenvalue weighted by Gasteiger charge is 2.35. The van der Waals surface area contributed by atoms with Crippen LogP contribution >= 0.6 is 0 Å². The molecule has 19 heavy (non-hydrogen) atoms. The zero-order valence-corrected chi connectivity index (χ0v) is 11.8. The average molecular weight is 254 g/mol. The highest BCUT2D eigenvalue weighted by atomic mass is 14.7. The van der Waals surface area contributed by atoms with Crippen LogP contribution in [0.3, 0.4) is 0 Å². The van der Waals surface area contributed by atoms with Gasteiger partial charge in [-0.05, 0) is 48.9 Å². The molecule has 0 bridgehead atoms. The number of rotatable bonds is 2. The van der Waals surface area contributed by atoms with Gasteiger partial charge in [0.2, 0.25) is 0 Å². The second kappa shape index (κ2) is 4.61. The zero-order valence-electron chi connectivity index (χ0n) is 11.8. The van der Waals surface area contributed by atoms with Gasteiger partial charge in [-0.25, -0.2) is 0 Å². The largest absolute Gasteiger partial charge is 0.323 e. The lowest BCUT2D eigenvalue weighted by Gasteiger charge is -2.31. The monoisotopic (exact) mass is 254 g/mol. The maximum absolute atomic E-state index is 6.54. The average Bonchev–Trinajstić information content (AvgIpc) is 2.85. The van der Waals surface area contributed by atoms with Crippen molar-refractivity contribution in [3.05, 3.63) is 41.6 Å². The number of aromatic nitrogens is 1. The van der Waals surface area contributed by atoms with Crippen LogP contribution in [0.4, 0.5) is 0 Å². The summed E-state index contributed by atoms with van der Waals surface area (Å²) in [6.07, 6.45) is 5.13. The molecule has 1 saturated carbocycles. The third-order valence-corrected chi connectivity index (χ3v) is 4.71. The number of hydrogen-bond acceptors (Lipinski definition) is 2. The molecule has 1 aromatic carbocycles. The standard InChI is InChI=1S/C17H22N2/c1-12-5-6-13-11-14(7-8-15(13)19-12)16(18)17(2)9-3-4-10-17/h5-8,11,16H,3-4,9-10,18H2,1-2H3. The molecule has 1 fully saturated rings. The van der Waals surface area contributed by atoms with Crippen LogP contribution in [0.15, 0.2) is 30.3 Å². The van der Waals surface area contributed by atoms with Crippen LogP contribution in [0.2, 0.25) is 0 Å². The van der Waals surface area contributed by atoms with E-state index in [9.17, 15) is 0 Å². The predicted octanol–water partition coefficient (Wildman–Crippen LogP) is 4.12. The zero-order chi connectivity index (χ0) is 13.5. The molecule has 1 atom stereocenters. The van der Waals surface area contributed by atoms with Crippen molar-refractivity contribution in [3.8, 4) is 0 Å². The van der Waals surface area contributed by atoms with Crippen molar-refractivity contribution in [2.45, 2.75) is 45.6 Å². The Morgan fingerprint density at radius 1 is 1.16 bits per heavy atom. The molecule has 1 unspecified atom stereocenters. The van der Waals surface area contributed by atoms with Crippen LogP contribution in [-0.2, 0) is 0 Å². The molecule has 2 aromatic rings. The maximum atomic E-state index is 6.54. The second-order valence-electron chi connectivity index (χ2n) is 6.24. The molecular formula is C17H22N2. The fraction of sp³-hybridized carbons (Fsp3) is 0.471. The normalized spacial score (nSPS) is 19.7. The maximum Gasteiger partial charge on any atom is 0.0705 e. The minimum atomic E-state index is 0.140. The van der Waals surface area contributed by atoms with Gasteiger partial charge in [-0.3, -0.25) is 4.98 Å². The van der Waals surface area contributed by atoms with E-state index in [1.54, 1.807) is 0 Å². The topological polar surface area (TPSA) is 38.9 Å². The summed E-state index contributed by atoms with van der Waals surface area (Å²) in [6.45, 7) is 4.36. The van der Waals surface area contributed by atoms with Crippen LogP contribution in [0.25, 0.3) is 10.9 Å². The van der Waals surface area contributed by atoms with Crippen molar-refractivity contribution < 1.29 is 0 Å². The van der Waals surface area contributed by atoms with Crippen molar-refractivity contribution in [2.24, 2.45) is 11.1 Å². The highest BCUT2D eigenvalue weighted by Crippen LogP contribution is 2.46. The Kier molecular flexibility index (Phi) is 3.06. The van der Waals surface area contributed by atoms with Crippen LogP contribution < -0.4 is 5.73 Å². The molecule has 0 amide bonds. The number of nitrogens with zero attached hydrogens (tertiary/aromatic N) is 1. The third-order valence-electron chi connectivity index (χ3n) is 4.71. The van der Waals surface area contributed by atoms with Gasteiger partial charge >= 0.3 is 0 Å². The van der Waals surface area contributed by atoms with Gasteiger partial charge in [-0.1, -0.05) is 31.9 Å². The van der Waals surface area contributed by atoms with Crippen LogP contribution in [0.1, 0.15) is 49.9 Å². The van der Waals surface area contributed by atoms with Crippen molar-refractivity contribution in [2.75, 3.05) is 0 Å². The minimum absolute atomic E-state index is 0.140. The molecule has 0 saturated heterocycles. The van der Waals surface area contributed by atoms with E-state index in [4.69, 9.17) is 5.73 Å². The molecule has 1 heterocycles. The SMILES string of the molecule is Cc1ccc2cc(C(N)C3(C)CCCC3)ccc2n1. The number of benzene rings is 1. The molecule has 0 radical (unpaired) electrons. The molecule has 1 aliphatic carbocycles. The Morgan fingerprint density at radius 2 is 1.89 bits per heavy atom. The van der Waals surface area contributed by atoms with Gasteiger partial charge in [0.1, 0.15) is 0 Å². The number of pyridine rings is 1. The first-order valence-corrected chi connectivity index (χ1v) is 7.21. The Labute approximate surface area is 115 Å². The van der Waals surface area contributed by atoms with E-state index in [-0.39, 0.29) is 11.5 Å². The summed E-state index contributed by atoms with van der Waals surface area (Å²) < 4.78 is 0. The lowest BCUT2D eigenvalue weighted by molar-refractivity contribution is 0.265. The van der Waals surface area contributed by atoms with E-state index < -0.39 is 0 Å². The molecule has 0 aliphatic heterocycles. The lowest BCUT2D eigenvalue weighted by atomic mass is 9.77. The van der Waals surface area contributed by atoms with Gasteiger partial charge in [-0.2, -0.15) is 0 Å². The van der Waals surface area contributed by atoms with Gasteiger partial charge in [0.25, 0.3) is 0 Å². The minimum Gasteiger partial charge on any atom is -0.323 e. The van der Waals surface area contributed by atoms with Crippen molar-refractivity contribution in [1.82, 2.24) is 4.98 Å². The van der Waals surface area contributed by atoms with E-state index in [1.165, 1.54) is 36.6 Å². The van der Waals surface area contributed by atoms with E-state index in [2.05, 4.69) is 42.2 Å². The van der Waals surface area contributed by atoms with Gasteiger partial charge in [0.05, 0.1) is 5.52 Å². The molecule has 2 nitrogen and oxygen atoms in total. The summed E-state index contributed by atoms with van der Waals surface area (Å²) in [6, 6.07) is 10.8.